The van der Waals surface area contributed by atoms with E-state index < -0.39 is 36.2 Å². The van der Waals surface area contributed by atoms with Crippen LogP contribution >= 0.6 is 11.3 Å². The number of para-hydroxylation sites is 1. The van der Waals surface area contributed by atoms with Crippen molar-refractivity contribution in [3.8, 4) is 0 Å². The first-order valence-electron chi connectivity index (χ1n) is 12.2. The van der Waals surface area contributed by atoms with Gasteiger partial charge in [-0.15, -0.1) is 11.3 Å². The molecular weight excluding hydrogens is 506 g/mol. The molecule has 4 amide bonds. The number of esters is 1. The lowest BCUT2D eigenvalue weighted by molar-refractivity contribution is -0.119. The minimum atomic E-state index is -0.827. The smallest absolute Gasteiger partial charge is 0.338 e. The van der Waals surface area contributed by atoms with E-state index in [1.165, 1.54) is 29.5 Å². The summed E-state index contributed by atoms with van der Waals surface area (Å²) in [5, 5.41) is 3.01. The number of imide groups is 1. The molecule has 0 bridgehead atoms. The van der Waals surface area contributed by atoms with Crippen LogP contribution in [0, 0.1) is 12.8 Å². The van der Waals surface area contributed by atoms with E-state index in [0.717, 1.165) is 40.2 Å². The van der Waals surface area contributed by atoms with Crippen LogP contribution in [0.25, 0.3) is 0 Å². The highest BCUT2D eigenvalue weighted by molar-refractivity contribution is 7.17. The molecule has 9 nitrogen and oxygen atoms in total. The molecule has 1 aliphatic carbocycles. The van der Waals surface area contributed by atoms with Gasteiger partial charge in [-0.2, -0.15) is 0 Å². The average Bonchev–Trinajstić information content (AvgIpc) is 3.36. The molecule has 5 rings (SSSR count). The minimum Gasteiger partial charge on any atom is -0.452 e. The van der Waals surface area contributed by atoms with Gasteiger partial charge in [0.05, 0.1) is 27.9 Å². The van der Waals surface area contributed by atoms with Crippen molar-refractivity contribution < 1.29 is 28.7 Å². The SMILES string of the molecule is Cc1ccccc1N1C(=O)c2ccc(C(=O)OCC(=O)Nc3sc4c(c3C(N)=O)CCC(C)C4)cc2C1=O. The van der Waals surface area contributed by atoms with Gasteiger partial charge in [-0.1, -0.05) is 25.1 Å². The predicted octanol–water partition coefficient (Wildman–Crippen LogP) is 3.88. The number of primary amides is 1. The fourth-order valence-electron chi connectivity index (χ4n) is 4.88. The number of rotatable bonds is 6. The fraction of sp³-hybridized carbons (Fsp3) is 0.250. The highest BCUT2D eigenvalue weighted by Crippen LogP contribution is 2.39. The first-order chi connectivity index (χ1) is 18.2. The third kappa shape index (κ3) is 4.47. The van der Waals surface area contributed by atoms with Crippen LogP contribution in [0.1, 0.15) is 70.8 Å². The molecule has 0 radical (unpaired) electrons. The number of nitrogens with one attached hydrogen (secondary N) is 1. The molecule has 1 aliphatic heterocycles. The number of nitrogens with zero attached hydrogens (tertiary/aromatic N) is 1. The quantitative estimate of drug-likeness (QED) is 0.366. The molecule has 0 saturated heterocycles. The van der Waals surface area contributed by atoms with Crippen molar-refractivity contribution in [2.24, 2.45) is 11.7 Å². The summed E-state index contributed by atoms with van der Waals surface area (Å²) < 4.78 is 5.16. The number of hydrogen-bond donors (Lipinski definition) is 2. The van der Waals surface area contributed by atoms with Crippen molar-refractivity contribution in [2.45, 2.75) is 33.1 Å². The van der Waals surface area contributed by atoms with Crippen LogP contribution in [-0.4, -0.2) is 36.2 Å². The third-order valence-corrected chi connectivity index (χ3v) is 7.99. The van der Waals surface area contributed by atoms with Crippen molar-refractivity contribution in [1.29, 1.82) is 0 Å². The maximum absolute atomic E-state index is 13.0. The molecule has 2 aliphatic rings. The fourth-order valence-corrected chi connectivity index (χ4v) is 6.31. The number of thiophene rings is 1. The number of nitrogens with two attached hydrogens (primary N) is 1. The van der Waals surface area contributed by atoms with Crippen LogP contribution < -0.4 is 16.0 Å². The molecular formula is C28H25N3O6S. The number of anilines is 2. The summed E-state index contributed by atoms with van der Waals surface area (Å²) >= 11 is 1.32. The second kappa shape index (κ2) is 9.86. The van der Waals surface area contributed by atoms with Gasteiger partial charge in [0.2, 0.25) is 0 Å². The number of ether oxygens (including phenoxy) is 1. The Balaban J connectivity index is 1.27. The first-order valence-corrected chi connectivity index (χ1v) is 13.0. The van der Waals surface area contributed by atoms with Gasteiger partial charge in [0.15, 0.2) is 6.61 Å². The van der Waals surface area contributed by atoms with E-state index in [1.807, 2.05) is 6.07 Å². The molecule has 0 fully saturated rings. The largest absolute Gasteiger partial charge is 0.452 e. The molecule has 1 aromatic heterocycles. The summed E-state index contributed by atoms with van der Waals surface area (Å²) in [6.07, 6.45) is 2.47. The number of fused-ring (bicyclic) bond motifs is 2. The van der Waals surface area contributed by atoms with Gasteiger partial charge in [0.1, 0.15) is 5.00 Å². The van der Waals surface area contributed by atoms with E-state index >= 15 is 0 Å². The summed E-state index contributed by atoms with van der Waals surface area (Å²) in [5.41, 5.74) is 8.31. The molecule has 2 aromatic carbocycles. The van der Waals surface area contributed by atoms with E-state index in [9.17, 15) is 24.0 Å². The molecule has 3 N–H and O–H groups in total. The maximum atomic E-state index is 13.0. The van der Waals surface area contributed by atoms with Crippen LogP contribution in [0.3, 0.4) is 0 Å². The second-order valence-electron chi connectivity index (χ2n) is 9.54. The van der Waals surface area contributed by atoms with Gasteiger partial charge < -0.3 is 15.8 Å². The first kappa shape index (κ1) is 25.3. The van der Waals surface area contributed by atoms with Crippen molar-refractivity contribution in [1.82, 2.24) is 0 Å². The van der Waals surface area contributed by atoms with Crippen LogP contribution in [0.2, 0.25) is 0 Å². The number of aryl methyl sites for hydroxylation is 1. The molecule has 194 valence electrons. The van der Waals surface area contributed by atoms with Gasteiger partial charge in [0, 0.05) is 4.88 Å². The lowest BCUT2D eigenvalue weighted by atomic mass is 9.88. The third-order valence-electron chi connectivity index (χ3n) is 6.82. The minimum absolute atomic E-state index is 0.0303. The van der Waals surface area contributed by atoms with E-state index in [1.54, 1.807) is 25.1 Å². The van der Waals surface area contributed by atoms with Gasteiger partial charge in [-0.05, 0) is 67.5 Å². The van der Waals surface area contributed by atoms with E-state index in [4.69, 9.17) is 10.5 Å². The van der Waals surface area contributed by atoms with Crippen molar-refractivity contribution in [3.05, 3.63) is 80.7 Å². The van der Waals surface area contributed by atoms with Crippen LogP contribution in [0.15, 0.2) is 42.5 Å². The summed E-state index contributed by atoms with van der Waals surface area (Å²) in [6.45, 7) is 3.33. The van der Waals surface area contributed by atoms with Crippen molar-refractivity contribution in [3.63, 3.8) is 0 Å². The second-order valence-corrected chi connectivity index (χ2v) is 10.6. The Morgan fingerprint density at radius 1 is 1.11 bits per heavy atom. The molecule has 3 aromatic rings. The summed E-state index contributed by atoms with van der Waals surface area (Å²) in [7, 11) is 0. The Labute approximate surface area is 222 Å². The zero-order valence-electron chi connectivity index (χ0n) is 20.8. The normalized spacial score (nSPS) is 16.2. The Hall–Kier alpha value is -4.31. The van der Waals surface area contributed by atoms with Crippen LogP contribution in [0.4, 0.5) is 10.7 Å². The van der Waals surface area contributed by atoms with E-state index in [-0.39, 0.29) is 16.7 Å². The van der Waals surface area contributed by atoms with Crippen molar-refractivity contribution in [2.75, 3.05) is 16.8 Å². The summed E-state index contributed by atoms with van der Waals surface area (Å²) in [4.78, 5) is 65.4. The number of benzene rings is 2. The Kier molecular flexibility index (Phi) is 6.58. The van der Waals surface area contributed by atoms with E-state index in [2.05, 4.69) is 12.2 Å². The lowest BCUT2D eigenvalue weighted by Gasteiger charge is -2.18. The van der Waals surface area contributed by atoms with Gasteiger partial charge >= 0.3 is 5.97 Å². The highest BCUT2D eigenvalue weighted by Gasteiger charge is 2.38. The van der Waals surface area contributed by atoms with Gasteiger partial charge in [-0.25, -0.2) is 9.69 Å². The standard InChI is InChI=1S/C28H25N3O6S/c1-14-7-9-18-21(11-14)38-25(23(18)24(29)33)30-22(32)13-37-28(36)16-8-10-17-19(12-16)27(35)31(26(17)34)20-6-4-3-5-15(20)2/h3-6,8,10,12,14H,7,9,11,13H2,1-2H3,(H2,29,33)(H,30,32). The Bertz CT molecular complexity index is 1520. The average molecular weight is 532 g/mol. The van der Waals surface area contributed by atoms with Crippen molar-refractivity contribution >= 4 is 51.6 Å². The molecule has 2 heterocycles. The Morgan fingerprint density at radius 3 is 2.58 bits per heavy atom. The van der Waals surface area contributed by atoms with Crippen LogP contribution in [-0.2, 0) is 22.4 Å². The zero-order valence-corrected chi connectivity index (χ0v) is 21.6. The monoisotopic (exact) mass is 531 g/mol. The molecule has 0 saturated carbocycles. The molecule has 0 spiro atoms. The predicted molar refractivity (Wildman–Crippen MR) is 142 cm³/mol. The van der Waals surface area contributed by atoms with E-state index in [0.29, 0.717) is 22.2 Å². The summed E-state index contributed by atoms with van der Waals surface area (Å²) in [6, 6.07) is 11.1. The molecule has 1 unspecified atom stereocenters. The van der Waals surface area contributed by atoms with Crippen LogP contribution in [0.5, 0.6) is 0 Å². The Morgan fingerprint density at radius 2 is 1.84 bits per heavy atom. The zero-order chi connectivity index (χ0) is 27.1. The molecule has 10 heteroatoms. The molecule has 38 heavy (non-hydrogen) atoms. The van der Waals surface area contributed by atoms with Gasteiger partial charge in [0.25, 0.3) is 23.6 Å². The molecule has 1 atom stereocenters. The summed E-state index contributed by atoms with van der Waals surface area (Å²) in [5.74, 6) is -2.60. The number of amides is 4. The topological polar surface area (TPSA) is 136 Å². The number of carbonyl (C=O) groups excluding carboxylic acids is 5. The number of carbonyl (C=O) groups is 5. The maximum Gasteiger partial charge on any atom is 0.338 e. The number of hydrogen-bond acceptors (Lipinski definition) is 7. The lowest BCUT2D eigenvalue weighted by Crippen LogP contribution is -2.29. The highest BCUT2D eigenvalue weighted by atomic mass is 32.1. The van der Waals surface area contributed by atoms with Gasteiger partial charge in [-0.3, -0.25) is 19.2 Å².